The minimum Gasteiger partial charge on any atom is -0.496 e. The molecule has 0 aliphatic rings. The number of rotatable bonds is 8. The van der Waals surface area contributed by atoms with Crippen LogP contribution in [-0.2, 0) is 0 Å². The van der Waals surface area contributed by atoms with Crippen molar-refractivity contribution in [3.05, 3.63) is 23.8 Å². The molecule has 20 heavy (non-hydrogen) atoms. The van der Waals surface area contributed by atoms with Gasteiger partial charge in [0.1, 0.15) is 17.1 Å². The van der Waals surface area contributed by atoms with Crippen LogP contribution in [-0.4, -0.2) is 33.2 Å². The molecule has 0 aliphatic heterocycles. The van der Waals surface area contributed by atoms with Crippen LogP contribution in [0.2, 0.25) is 0 Å². The Morgan fingerprint density at radius 3 is 2.40 bits per heavy atom. The summed E-state index contributed by atoms with van der Waals surface area (Å²) in [6.07, 6.45) is 1.90. The average Bonchev–Trinajstić information content (AvgIpc) is 2.49. The summed E-state index contributed by atoms with van der Waals surface area (Å²) in [5, 5.41) is 2.89. The van der Waals surface area contributed by atoms with Gasteiger partial charge < -0.3 is 20.5 Å². The van der Waals surface area contributed by atoms with Gasteiger partial charge in [-0.1, -0.05) is 13.0 Å². The second-order valence-corrected chi connectivity index (χ2v) is 4.78. The molecule has 5 heteroatoms. The Bertz CT molecular complexity index is 413. The number of hydrogen-bond acceptors (Lipinski definition) is 4. The summed E-state index contributed by atoms with van der Waals surface area (Å²) in [6, 6.07) is 5.28. The maximum Gasteiger partial charge on any atom is 0.258 e. The third-order valence-electron chi connectivity index (χ3n) is 3.22. The number of nitrogens with one attached hydrogen (secondary N) is 1. The fourth-order valence-electron chi connectivity index (χ4n) is 1.93. The predicted molar refractivity (Wildman–Crippen MR) is 79.3 cm³/mol. The lowest BCUT2D eigenvalue weighted by Crippen LogP contribution is -2.26. The summed E-state index contributed by atoms with van der Waals surface area (Å²) in [5.41, 5.74) is 6.00. The quantitative estimate of drug-likeness (QED) is 0.712. The maximum atomic E-state index is 12.2. The number of carbonyl (C=O) groups is 1. The molecule has 112 valence electrons. The average molecular weight is 280 g/mol. The fraction of sp³-hybridized carbons (Fsp3) is 0.533. The normalized spacial score (nSPS) is 11.8. The van der Waals surface area contributed by atoms with Crippen LogP contribution >= 0.6 is 0 Å². The Morgan fingerprint density at radius 2 is 1.90 bits per heavy atom. The summed E-state index contributed by atoms with van der Waals surface area (Å²) < 4.78 is 10.4. The first-order valence-electron chi connectivity index (χ1n) is 6.83. The van der Waals surface area contributed by atoms with Gasteiger partial charge in [0.2, 0.25) is 0 Å². The highest BCUT2D eigenvalue weighted by Crippen LogP contribution is 2.27. The van der Waals surface area contributed by atoms with Gasteiger partial charge in [-0.15, -0.1) is 0 Å². The van der Waals surface area contributed by atoms with Crippen molar-refractivity contribution in [3.63, 3.8) is 0 Å². The van der Waals surface area contributed by atoms with Crippen molar-refractivity contribution < 1.29 is 14.3 Å². The van der Waals surface area contributed by atoms with E-state index in [0.717, 1.165) is 12.8 Å². The number of nitrogens with two attached hydrogens (primary N) is 1. The van der Waals surface area contributed by atoms with Gasteiger partial charge >= 0.3 is 0 Å². The second-order valence-electron chi connectivity index (χ2n) is 4.78. The molecule has 1 atom stereocenters. The minimum absolute atomic E-state index is 0.181. The van der Waals surface area contributed by atoms with E-state index in [2.05, 4.69) is 12.2 Å². The molecule has 1 amide bonds. The number of methoxy groups -OCH3 is 2. The third kappa shape index (κ3) is 4.42. The van der Waals surface area contributed by atoms with E-state index in [4.69, 9.17) is 15.2 Å². The molecule has 0 bridgehead atoms. The van der Waals surface area contributed by atoms with Crippen LogP contribution in [0.15, 0.2) is 18.2 Å². The van der Waals surface area contributed by atoms with Crippen molar-refractivity contribution in [1.29, 1.82) is 0 Å². The number of amides is 1. The van der Waals surface area contributed by atoms with Crippen molar-refractivity contribution in [3.8, 4) is 11.5 Å². The number of ether oxygens (including phenoxy) is 2. The number of hydrogen-bond donors (Lipinski definition) is 2. The molecule has 0 saturated heterocycles. The molecule has 1 rings (SSSR count). The number of benzene rings is 1. The summed E-state index contributed by atoms with van der Waals surface area (Å²) >= 11 is 0. The molecule has 1 unspecified atom stereocenters. The van der Waals surface area contributed by atoms with E-state index in [0.29, 0.717) is 36.1 Å². The van der Waals surface area contributed by atoms with Gasteiger partial charge in [-0.2, -0.15) is 0 Å². The summed E-state index contributed by atoms with van der Waals surface area (Å²) in [6.45, 7) is 3.39. The Morgan fingerprint density at radius 1 is 1.30 bits per heavy atom. The van der Waals surface area contributed by atoms with Gasteiger partial charge in [-0.05, 0) is 37.4 Å². The highest BCUT2D eigenvalue weighted by atomic mass is 16.5. The van der Waals surface area contributed by atoms with Gasteiger partial charge in [0, 0.05) is 6.54 Å². The lowest BCUT2D eigenvalue weighted by molar-refractivity contribution is 0.0946. The summed E-state index contributed by atoms with van der Waals surface area (Å²) in [4.78, 5) is 12.2. The van der Waals surface area contributed by atoms with Crippen molar-refractivity contribution in [2.75, 3.05) is 27.3 Å². The summed E-state index contributed by atoms with van der Waals surface area (Å²) in [7, 11) is 3.07. The topological polar surface area (TPSA) is 73.6 Å². The lowest BCUT2D eigenvalue weighted by atomic mass is 10.1. The van der Waals surface area contributed by atoms with Crippen molar-refractivity contribution >= 4 is 5.91 Å². The first-order chi connectivity index (χ1) is 9.63. The molecule has 0 radical (unpaired) electrons. The highest BCUT2D eigenvalue weighted by molar-refractivity contribution is 5.99. The van der Waals surface area contributed by atoms with Crippen LogP contribution in [0.3, 0.4) is 0 Å². The van der Waals surface area contributed by atoms with Crippen LogP contribution in [0, 0.1) is 5.92 Å². The molecule has 0 fully saturated rings. The zero-order valence-electron chi connectivity index (χ0n) is 12.4. The maximum absolute atomic E-state index is 12.2. The predicted octanol–water partition coefficient (Wildman–Crippen LogP) is 1.81. The van der Waals surface area contributed by atoms with Crippen LogP contribution in [0.4, 0.5) is 0 Å². The van der Waals surface area contributed by atoms with E-state index in [9.17, 15) is 4.79 Å². The van der Waals surface area contributed by atoms with E-state index in [1.807, 2.05) is 0 Å². The van der Waals surface area contributed by atoms with E-state index in [1.54, 1.807) is 18.2 Å². The van der Waals surface area contributed by atoms with Gasteiger partial charge in [-0.25, -0.2) is 0 Å². The Balaban J connectivity index is 2.63. The van der Waals surface area contributed by atoms with E-state index in [1.165, 1.54) is 14.2 Å². The highest BCUT2D eigenvalue weighted by Gasteiger charge is 2.17. The van der Waals surface area contributed by atoms with Gasteiger partial charge in [-0.3, -0.25) is 4.79 Å². The molecule has 1 aromatic carbocycles. The number of carbonyl (C=O) groups excluding carboxylic acids is 1. The van der Waals surface area contributed by atoms with Crippen LogP contribution in [0.5, 0.6) is 11.5 Å². The van der Waals surface area contributed by atoms with Gasteiger partial charge in [0.25, 0.3) is 5.91 Å². The minimum atomic E-state index is -0.181. The van der Waals surface area contributed by atoms with Crippen LogP contribution in [0.25, 0.3) is 0 Å². The molecule has 0 saturated carbocycles. The monoisotopic (exact) mass is 280 g/mol. The molecule has 5 nitrogen and oxygen atoms in total. The SMILES string of the molecule is COc1cccc(OC)c1C(=O)NCCCC(C)CN. The van der Waals surface area contributed by atoms with E-state index in [-0.39, 0.29) is 5.91 Å². The van der Waals surface area contributed by atoms with Crippen molar-refractivity contribution in [1.82, 2.24) is 5.32 Å². The molecule has 0 aromatic heterocycles. The third-order valence-corrected chi connectivity index (χ3v) is 3.22. The zero-order chi connectivity index (χ0) is 15.0. The van der Waals surface area contributed by atoms with Crippen LogP contribution in [0.1, 0.15) is 30.1 Å². The first-order valence-corrected chi connectivity index (χ1v) is 6.83. The zero-order valence-corrected chi connectivity index (χ0v) is 12.4. The standard InChI is InChI=1S/C15H24N2O3/c1-11(10-16)6-5-9-17-15(18)14-12(19-2)7-4-8-13(14)20-3/h4,7-8,11H,5-6,9-10,16H2,1-3H3,(H,17,18). The van der Waals surface area contributed by atoms with Gasteiger partial charge in [0.15, 0.2) is 0 Å². The van der Waals surface area contributed by atoms with Crippen molar-refractivity contribution in [2.24, 2.45) is 11.7 Å². The Hall–Kier alpha value is -1.75. The summed E-state index contributed by atoms with van der Waals surface area (Å²) in [5.74, 6) is 1.32. The van der Waals surface area contributed by atoms with Crippen LogP contribution < -0.4 is 20.5 Å². The largest absolute Gasteiger partial charge is 0.496 e. The van der Waals surface area contributed by atoms with Gasteiger partial charge in [0.05, 0.1) is 14.2 Å². The van der Waals surface area contributed by atoms with Crippen molar-refractivity contribution in [2.45, 2.75) is 19.8 Å². The molecule has 3 N–H and O–H groups in total. The molecule has 0 aliphatic carbocycles. The Kier molecular flexibility index (Phi) is 6.87. The molecular formula is C15H24N2O3. The fourth-order valence-corrected chi connectivity index (χ4v) is 1.93. The van der Waals surface area contributed by atoms with E-state index < -0.39 is 0 Å². The molecule has 0 spiro atoms. The lowest BCUT2D eigenvalue weighted by Gasteiger charge is -2.13. The molecule has 1 aromatic rings. The molecular weight excluding hydrogens is 256 g/mol. The smallest absolute Gasteiger partial charge is 0.258 e. The first kappa shape index (κ1) is 16.3. The van der Waals surface area contributed by atoms with E-state index >= 15 is 0 Å². The second kappa shape index (κ2) is 8.43. The molecule has 0 heterocycles. The Labute approximate surface area is 120 Å².